The summed E-state index contributed by atoms with van der Waals surface area (Å²) in [6, 6.07) is 14.7. The largest absolute Gasteiger partial charge is 0.389 e. The molecule has 3 atom stereocenters. The van der Waals surface area contributed by atoms with E-state index in [4.69, 9.17) is 4.98 Å². The zero-order valence-corrected chi connectivity index (χ0v) is 19.3. The third-order valence-electron chi connectivity index (χ3n) is 6.87. The standard InChI is InChI=1S/C25H28N8O/c1-15-3-7-23(31-30-15)28-17-4-6-19-22(13-17)33(14-27-19)24-8-5-18(16(2)34)25(29-24)32-12-10-20-21(32)9-11-26-20/h3-8,13-14,16,20-21,26,34H,9-12H2,1-2H3,(H,28,31). The van der Waals surface area contributed by atoms with Crippen molar-refractivity contribution in [1.82, 2.24) is 30.0 Å². The molecular formula is C25H28N8O. The van der Waals surface area contributed by atoms with Gasteiger partial charge in [0.2, 0.25) is 0 Å². The van der Waals surface area contributed by atoms with Crippen molar-refractivity contribution in [1.29, 1.82) is 0 Å². The van der Waals surface area contributed by atoms with E-state index in [1.165, 1.54) is 0 Å². The molecule has 9 heteroatoms. The molecule has 0 amide bonds. The Bertz CT molecular complexity index is 1330. The van der Waals surface area contributed by atoms with Crippen LogP contribution in [0.1, 0.15) is 37.1 Å². The first kappa shape index (κ1) is 21.0. The molecule has 2 fully saturated rings. The van der Waals surface area contributed by atoms with Crippen LogP contribution in [-0.4, -0.2) is 55.0 Å². The molecule has 0 bridgehead atoms. The highest BCUT2D eigenvalue weighted by atomic mass is 16.3. The van der Waals surface area contributed by atoms with Gasteiger partial charge in [0.25, 0.3) is 0 Å². The van der Waals surface area contributed by atoms with Crippen LogP contribution >= 0.6 is 0 Å². The Balaban J connectivity index is 1.38. The van der Waals surface area contributed by atoms with Gasteiger partial charge in [-0.2, -0.15) is 5.10 Å². The Labute approximate surface area is 197 Å². The van der Waals surface area contributed by atoms with E-state index in [1.54, 1.807) is 13.3 Å². The average Bonchev–Trinajstić information content (AvgIpc) is 3.56. The molecule has 34 heavy (non-hydrogen) atoms. The third-order valence-corrected chi connectivity index (χ3v) is 6.87. The number of aromatic nitrogens is 5. The van der Waals surface area contributed by atoms with Crippen molar-refractivity contribution < 1.29 is 5.11 Å². The van der Waals surface area contributed by atoms with Gasteiger partial charge in [-0.3, -0.25) is 4.57 Å². The van der Waals surface area contributed by atoms with E-state index in [0.29, 0.717) is 17.9 Å². The minimum Gasteiger partial charge on any atom is -0.389 e. The zero-order valence-electron chi connectivity index (χ0n) is 19.3. The first-order valence-corrected chi connectivity index (χ1v) is 11.8. The molecule has 3 unspecified atom stereocenters. The molecule has 1 aromatic carbocycles. The number of rotatable bonds is 5. The van der Waals surface area contributed by atoms with Gasteiger partial charge in [-0.05, 0) is 75.7 Å². The molecule has 0 saturated carbocycles. The summed E-state index contributed by atoms with van der Waals surface area (Å²) in [5.41, 5.74) is 4.45. The number of benzene rings is 1. The summed E-state index contributed by atoms with van der Waals surface area (Å²) in [5.74, 6) is 2.34. The summed E-state index contributed by atoms with van der Waals surface area (Å²) in [6.07, 6.45) is 3.41. The molecule has 2 aliphatic rings. The number of aliphatic hydroxyl groups is 1. The third kappa shape index (κ3) is 3.66. The summed E-state index contributed by atoms with van der Waals surface area (Å²) in [7, 11) is 0. The molecule has 5 heterocycles. The van der Waals surface area contributed by atoms with Gasteiger partial charge in [0.15, 0.2) is 5.82 Å². The maximum Gasteiger partial charge on any atom is 0.153 e. The fourth-order valence-electron chi connectivity index (χ4n) is 5.15. The second-order valence-electron chi connectivity index (χ2n) is 9.16. The van der Waals surface area contributed by atoms with Crippen molar-refractivity contribution in [2.24, 2.45) is 0 Å². The number of pyridine rings is 1. The van der Waals surface area contributed by atoms with E-state index in [1.807, 2.05) is 54.0 Å². The first-order valence-electron chi connectivity index (χ1n) is 11.8. The molecule has 0 aliphatic carbocycles. The van der Waals surface area contributed by atoms with E-state index < -0.39 is 6.10 Å². The Morgan fingerprint density at radius 1 is 1.12 bits per heavy atom. The fraction of sp³-hybridized carbons (Fsp3) is 0.360. The number of anilines is 3. The maximum absolute atomic E-state index is 10.5. The van der Waals surface area contributed by atoms with Crippen LogP contribution in [0.2, 0.25) is 0 Å². The van der Waals surface area contributed by atoms with E-state index in [2.05, 4.69) is 30.7 Å². The topological polar surface area (TPSA) is 104 Å². The van der Waals surface area contributed by atoms with E-state index in [-0.39, 0.29) is 0 Å². The molecule has 2 aliphatic heterocycles. The van der Waals surface area contributed by atoms with Crippen molar-refractivity contribution >= 4 is 28.4 Å². The summed E-state index contributed by atoms with van der Waals surface area (Å²) in [5, 5.41) is 25.7. The SMILES string of the molecule is Cc1ccc(Nc2ccc3ncn(-c4ccc(C(C)O)c(N5CCC6NCCC65)n4)c3c2)nn1. The molecule has 3 aromatic heterocycles. The zero-order chi connectivity index (χ0) is 23.2. The highest BCUT2D eigenvalue weighted by molar-refractivity contribution is 5.82. The van der Waals surface area contributed by atoms with Crippen molar-refractivity contribution in [2.45, 2.75) is 44.9 Å². The molecule has 0 radical (unpaired) electrons. The van der Waals surface area contributed by atoms with Crippen LogP contribution in [0.25, 0.3) is 16.9 Å². The van der Waals surface area contributed by atoms with Crippen LogP contribution in [0.5, 0.6) is 0 Å². The van der Waals surface area contributed by atoms with Crippen LogP contribution in [0.15, 0.2) is 48.8 Å². The quantitative estimate of drug-likeness (QED) is 0.420. The number of aryl methyl sites for hydroxylation is 1. The smallest absolute Gasteiger partial charge is 0.153 e. The number of nitrogens with one attached hydrogen (secondary N) is 2. The Morgan fingerprint density at radius 3 is 2.85 bits per heavy atom. The average molecular weight is 457 g/mol. The minimum atomic E-state index is -0.587. The lowest BCUT2D eigenvalue weighted by molar-refractivity contribution is 0.199. The number of imidazole rings is 1. The van der Waals surface area contributed by atoms with Crippen LogP contribution in [0.3, 0.4) is 0 Å². The van der Waals surface area contributed by atoms with E-state index in [0.717, 1.165) is 65.5 Å². The maximum atomic E-state index is 10.5. The van der Waals surface area contributed by atoms with Gasteiger partial charge in [-0.25, -0.2) is 9.97 Å². The van der Waals surface area contributed by atoms with E-state index >= 15 is 0 Å². The Hall–Kier alpha value is -3.56. The van der Waals surface area contributed by atoms with Crippen LogP contribution in [0.4, 0.5) is 17.3 Å². The van der Waals surface area contributed by atoms with E-state index in [9.17, 15) is 5.11 Å². The van der Waals surface area contributed by atoms with Gasteiger partial charge < -0.3 is 20.6 Å². The number of nitrogens with zero attached hydrogens (tertiary/aromatic N) is 6. The molecular weight excluding hydrogens is 428 g/mol. The highest BCUT2D eigenvalue weighted by Crippen LogP contribution is 2.35. The number of aliphatic hydroxyl groups excluding tert-OH is 1. The van der Waals surface area contributed by atoms with Gasteiger partial charge in [0.1, 0.15) is 18.0 Å². The molecule has 9 nitrogen and oxygen atoms in total. The lowest BCUT2D eigenvalue weighted by Gasteiger charge is -2.28. The Kier molecular flexibility index (Phi) is 5.15. The molecule has 2 saturated heterocycles. The monoisotopic (exact) mass is 456 g/mol. The molecule has 3 N–H and O–H groups in total. The highest BCUT2D eigenvalue weighted by Gasteiger charge is 2.39. The van der Waals surface area contributed by atoms with Crippen molar-refractivity contribution in [3.8, 4) is 5.82 Å². The van der Waals surface area contributed by atoms with Gasteiger partial charge in [0, 0.05) is 29.9 Å². The number of hydrogen-bond donors (Lipinski definition) is 3. The van der Waals surface area contributed by atoms with Crippen molar-refractivity contribution in [2.75, 3.05) is 23.3 Å². The van der Waals surface area contributed by atoms with Crippen LogP contribution in [-0.2, 0) is 0 Å². The van der Waals surface area contributed by atoms with Crippen LogP contribution in [0, 0.1) is 6.92 Å². The predicted octanol–water partition coefficient (Wildman–Crippen LogP) is 3.26. The number of hydrogen-bond acceptors (Lipinski definition) is 8. The van der Waals surface area contributed by atoms with Gasteiger partial charge >= 0.3 is 0 Å². The molecule has 0 spiro atoms. The second kappa shape index (κ2) is 8.34. The van der Waals surface area contributed by atoms with Gasteiger partial charge in [0.05, 0.1) is 22.8 Å². The summed E-state index contributed by atoms with van der Waals surface area (Å²) in [6.45, 7) is 5.69. The Morgan fingerprint density at radius 2 is 2.03 bits per heavy atom. The molecule has 6 rings (SSSR count). The lowest BCUT2D eigenvalue weighted by Crippen LogP contribution is -2.35. The summed E-state index contributed by atoms with van der Waals surface area (Å²) >= 11 is 0. The minimum absolute atomic E-state index is 0.422. The second-order valence-corrected chi connectivity index (χ2v) is 9.16. The lowest BCUT2D eigenvalue weighted by atomic mass is 10.1. The normalized spacial score (nSPS) is 20.6. The first-order chi connectivity index (χ1) is 16.6. The predicted molar refractivity (Wildman–Crippen MR) is 132 cm³/mol. The summed E-state index contributed by atoms with van der Waals surface area (Å²) in [4.78, 5) is 12.0. The molecule has 174 valence electrons. The molecule has 4 aromatic rings. The van der Waals surface area contributed by atoms with Crippen LogP contribution < -0.4 is 15.5 Å². The fourth-order valence-corrected chi connectivity index (χ4v) is 5.15. The van der Waals surface area contributed by atoms with Crippen molar-refractivity contribution in [3.05, 3.63) is 60.0 Å². The number of fused-ring (bicyclic) bond motifs is 2. The van der Waals surface area contributed by atoms with Crippen molar-refractivity contribution in [3.63, 3.8) is 0 Å². The summed E-state index contributed by atoms with van der Waals surface area (Å²) < 4.78 is 2.00. The van der Waals surface area contributed by atoms with Gasteiger partial charge in [-0.15, -0.1) is 5.10 Å². The van der Waals surface area contributed by atoms with Gasteiger partial charge in [-0.1, -0.05) is 0 Å².